The SMILES string of the molecule is CCOc1cccc(C2/C(=C(/O)c3ccc4c(c3)OCCO4)C(=O)C(=O)N2CC2CCCO2)c1. The third-order valence-electron chi connectivity index (χ3n) is 6.26. The van der Waals surface area contributed by atoms with Gasteiger partial charge in [-0.3, -0.25) is 9.59 Å². The standard InChI is InChI=1S/C26H27NO7/c1-2-31-18-6-3-5-16(13-18)23-22(25(29)26(30)27(23)15-19-7-4-10-32-19)24(28)17-8-9-20-21(14-17)34-12-11-33-20/h3,5-6,8-9,13-14,19,23,28H,2,4,7,10-12,15H2,1H3/b24-22-. The molecule has 3 aliphatic rings. The van der Waals surface area contributed by atoms with E-state index in [2.05, 4.69) is 0 Å². The van der Waals surface area contributed by atoms with E-state index < -0.39 is 17.7 Å². The summed E-state index contributed by atoms with van der Waals surface area (Å²) in [6.45, 7) is 4.12. The Labute approximate surface area is 197 Å². The number of aliphatic hydroxyl groups excluding tert-OH is 1. The first-order valence-corrected chi connectivity index (χ1v) is 11.6. The van der Waals surface area contributed by atoms with Crippen molar-refractivity contribution in [2.75, 3.05) is 33.0 Å². The van der Waals surface area contributed by atoms with Gasteiger partial charge in [-0.15, -0.1) is 0 Å². The van der Waals surface area contributed by atoms with Gasteiger partial charge in [-0.2, -0.15) is 0 Å². The second-order valence-corrected chi connectivity index (χ2v) is 8.45. The second kappa shape index (κ2) is 9.38. The van der Waals surface area contributed by atoms with Crippen molar-refractivity contribution in [3.63, 3.8) is 0 Å². The van der Waals surface area contributed by atoms with Gasteiger partial charge in [-0.05, 0) is 55.7 Å². The number of likely N-dealkylation sites (tertiary alicyclic amines) is 1. The Kier molecular flexibility index (Phi) is 6.15. The number of carbonyl (C=O) groups is 2. The smallest absolute Gasteiger partial charge is 0.295 e. The molecule has 2 fully saturated rings. The summed E-state index contributed by atoms with van der Waals surface area (Å²) in [4.78, 5) is 27.9. The third kappa shape index (κ3) is 4.09. The molecule has 3 heterocycles. The molecule has 0 saturated carbocycles. The van der Waals surface area contributed by atoms with Crippen LogP contribution in [0.1, 0.15) is 36.9 Å². The van der Waals surface area contributed by atoms with Crippen molar-refractivity contribution in [2.24, 2.45) is 0 Å². The van der Waals surface area contributed by atoms with Crippen molar-refractivity contribution >= 4 is 17.4 Å². The van der Waals surface area contributed by atoms with E-state index in [1.54, 1.807) is 24.3 Å². The highest BCUT2D eigenvalue weighted by Crippen LogP contribution is 2.42. The molecule has 1 amide bonds. The van der Waals surface area contributed by atoms with E-state index in [4.69, 9.17) is 18.9 Å². The zero-order valence-electron chi connectivity index (χ0n) is 19.0. The van der Waals surface area contributed by atoms with E-state index in [0.717, 1.165) is 12.8 Å². The second-order valence-electron chi connectivity index (χ2n) is 8.45. The minimum atomic E-state index is -0.766. The molecule has 5 rings (SSSR count). The number of rotatable bonds is 6. The van der Waals surface area contributed by atoms with Crippen LogP contribution in [-0.2, 0) is 14.3 Å². The molecular formula is C26H27NO7. The fourth-order valence-corrected chi connectivity index (χ4v) is 4.71. The van der Waals surface area contributed by atoms with E-state index in [9.17, 15) is 14.7 Å². The van der Waals surface area contributed by atoms with Crippen molar-refractivity contribution in [1.29, 1.82) is 0 Å². The summed E-state index contributed by atoms with van der Waals surface area (Å²) in [5.74, 6) is 0.0546. The topological polar surface area (TPSA) is 94.5 Å². The minimum Gasteiger partial charge on any atom is -0.507 e. The average Bonchev–Trinajstić information content (AvgIpc) is 3.46. The van der Waals surface area contributed by atoms with Crippen molar-refractivity contribution in [3.05, 3.63) is 59.2 Å². The summed E-state index contributed by atoms with van der Waals surface area (Å²) in [5.41, 5.74) is 1.10. The van der Waals surface area contributed by atoms with Gasteiger partial charge in [-0.25, -0.2) is 0 Å². The monoisotopic (exact) mass is 465 g/mol. The molecule has 1 N–H and O–H groups in total. The average molecular weight is 466 g/mol. The first-order chi connectivity index (χ1) is 16.6. The lowest BCUT2D eigenvalue weighted by atomic mass is 9.95. The van der Waals surface area contributed by atoms with E-state index in [1.807, 2.05) is 25.1 Å². The lowest BCUT2D eigenvalue weighted by Gasteiger charge is -2.27. The van der Waals surface area contributed by atoms with Crippen LogP contribution in [0.5, 0.6) is 17.2 Å². The van der Waals surface area contributed by atoms with Crippen LogP contribution < -0.4 is 14.2 Å². The molecular weight excluding hydrogens is 438 g/mol. The van der Waals surface area contributed by atoms with Crippen molar-refractivity contribution < 1.29 is 33.6 Å². The number of ketones is 1. The van der Waals surface area contributed by atoms with Gasteiger partial charge in [0.15, 0.2) is 11.5 Å². The van der Waals surface area contributed by atoms with Gasteiger partial charge >= 0.3 is 0 Å². The molecule has 8 nitrogen and oxygen atoms in total. The predicted molar refractivity (Wildman–Crippen MR) is 123 cm³/mol. The Bertz CT molecular complexity index is 1140. The van der Waals surface area contributed by atoms with Crippen LogP contribution in [0.25, 0.3) is 5.76 Å². The van der Waals surface area contributed by atoms with Gasteiger partial charge in [-0.1, -0.05) is 12.1 Å². The van der Waals surface area contributed by atoms with Crippen LogP contribution in [-0.4, -0.2) is 60.8 Å². The summed E-state index contributed by atoms with van der Waals surface area (Å²) in [5, 5.41) is 11.3. The highest BCUT2D eigenvalue weighted by atomic mass is 16.6. The molecule has 0 bridgehead atoms. The van der Waals surface area contributed by atoms with E-state index in [1.165, 1.54) is 4.90 Å². The number of benzene rings is 2. The quantitative estimate of drug-likeness (QED) is 0.397. The van der Waals surface area contributed by atoms with Crippen LogP contribution in [0.2, 0.25) is 0 Å². The molecule has 2 aromatic carbocycles. The summed E-state index contributed by atoms with van der Waals surface area (Å²) in [6.07, 6.45) is 1.58. The van der Waals surface area contributed by atoms with Crippen LogP contribution in [0.3, 0.4) is 0 Å². The molecule has 8 heteroatoms. The number of ether oxygens (including phenoxy) is 4. The first kappa shape index (κ1) is 22.3. The zero-order chi connectivity index (χ0) is 23.7. The predicted octanol–water partition coefficient (Wildman–Crippen LogP) is 3.46. The minimum absolute atomic E-state index is 0.0355. The Morgan fingerprint density at radius 1 is 1.09 bits per heavy atom. The maximum absolute atomic E-state index is 13.3. The normalized spacial score (nSPS) is 23.4. The van der Waals surface area contributed by atoms with Gasteiger partial charge in [0.2, 0.25) is 0 Å². The summed E-state index contributed by atoms with van der Waals surface area (Å²) in [7, 11) is 0. The lowest BCUT2D eigenvalue weighted by Crippen LogP contribution is -2.36. The molecule has 0 radical (unpaired) electrons. The highest BCUT2D eigenvalue weighted by Gasteiger charge is 2.47. The number of nitrogens with zero attached hydrogens (tertiary/aromatic N) is 1. The van der Waals surface area contributed by atoms with Crippen LogP contribution in [0, 0.1) is 0 Å². The van der Waals surface area contributed by atoms with Crippen LogP contribution in [0.15, 0.2) is 48.0 Å². The largest absolute Gasteiger partial charge is 0.507 e. The molecule has 2 atom stereocenters. The first-order valence-electron chi connectivity index (χ1n) is 11.6. The molecule has 2 unspecified atom stereocenters. The molecule has 0 aromatic heterocycles. The third-order valence-corrected chi connectivity index (χ3v) is 6.26. The Hall–Kier alpha value is -3.52. The van der Waals surface area contributed by atoms with E-state index in [-0.39, 0.29) is 24.0 Å². The van der Waals surface area contributed by atoms with Crippen LogP contribution >= 0.6 is 0 Å². The molecule has 2 saturated heterocycles. The molecule has 0 aliphatic carbocycles. The van der Waals surface area contributed by atoms with Crippen molar-refractivity contribution in [2.45, 2.75) is 31.9 Å². The molecule has 0 spiro atoms. The fraction of sp³-hybridized carbons (Fsp3) is 0.385. The number of amides is 1. The zero-order valence-corrected chi connectivity index (χ0v) is 19.0. The summed E-state index contributed by atoms with van der Waals surface area (Å²) >= 11 is 0. The molecule has 178 valence electrons. The summed E-state index contributed by atoms with van der Waals surface area (Å²) in [6, 6.07) is 11.5. The number of aliphatic hydroxyl groups is 1. The number of Topliss-reactive ketones (excluding diaryl/α,β-unsaturated/α-hetero) is 1. The number of hydrogen-bond donors (Lipinski definition) is 1. The molecule has 34 heavy (non-hydrogen) atoms. The van der Waals surface area contributed by atoms with Gasteiger partial charge in [0.25, 0.3) is 11.7 Å². The maximum Gasteiger partial charge on any atom is 0.295 e. The molecule has 2 aromatic rings. The Morgan fingerprint density at radius 3 is 2.68 bits per heavy atom. The number of hydrogen-bond acceptors (Lipinski definition) is 7. The van der Waals surface area contributed by atoms with Gasteiger partial charge in [0.1, 0.15) is 24.7 Å². The number of fused-ring (bicyclic) bond motifs is 1. The lowest BCUT2D eigenvalue weighted by molar-refractivity contribution is -0.140. The van der Waals surface area contributed by atoms with Crippen molar-refractivity contribution in [3.8, 4) is 17.2 Å². The Morgan fingerprint density at radius 2 is 1.91 bits per heavy atom. The van der Waals surface area contributed by atoms with Gasteiger partial charge in [0, 0.05) is 18.7 Å². The van der Waals surface area contributed by atoms with Crippen LogP contribution in [0.4, 0.5) is 0 Å². The Balaban J connectivity index is 1.60. The fourth-order valence-electron chi connectivity index (χ4n) is 4.71. The highest BCUT2D eigenvalue weighted by molar-refractivity contribution is 6.46. The molecule has 3 aliphatic heterocycles. The van der Waals surface area contributed by atoms with Gasteiger partial charge in [0.05, 0.1) is 24.3 Å². The van der Waals surface area contributed by atoms with Gasteiger partial charge < -0.3 is 29.0 Å². The van der Waals surface area contributed by atoms with E-state index >= 15 is 0 Å². The van der Waals surface area contributed by atoms with Crippen molar-refractivity contribution in [1.82, 2.24) is 4.90 Å². The summed E-state index contributed by atoms with van der Waals surface area (Å²) < 4.78 is 22.6. The number of carbonyl (C=O) groups excluding carboxylic acids is 2. The van der Waals surface area contributed by atoms with E-state index in [0.29, 0.717) is 54.8 Å². The maximum atomic E-state index is 13.3.